The van der Waals surface area contributed by atoms with Gasteiger partial charge in [0.05, 0.1) is 5.54 Å². The Morgan fingerprint density at radius 1 is 1.33 bits per heavy atom. The molecule has 4 heteroatoms. The summed E-state index contributed by atoms with van der Waals surface area (Å²) in [4.78, 5) is 16.3. The molecule has 98 valence electrons. The Bertz CT molecular complexity index is 459. The van der Waals surface area contributed by atoms with Crippen LogP contribution in [0.1, 0.15) is 19.4 Å². The number of amides is 1. The molecule has 0 saturated carbocycles. The average molecular weight is 311 g/mol. The maximum absolute atomic E-state index is 12.2. The molecule has 1 saturated heterocycles. The molecule has 0 radical (unpaired) electrons. The van der Waals surface area contributed by atoms with Crippen LogP contribution in [-0.2, 0) is 11.3 Å². The van der Waals surface area contributed by atoms with Crippen LogP contribution in [0.2, 0.25) is 0 Å². The Morgan fingerprint density at radius 2 is 2.06 bits per heavy atom. The second-order valence-corrected chi connectivity index (χ2v) is 6.25. The fourth-order valence-electron chi connectivity index (χ4n) is 2.39. The fourth-order valence-corrected chi connectivity index (χ4v) is 2.83. The van der Waals surface area contributed by atoms with Crippen LogP contribution in [0, 0.1) is 0 Å². The number of nitrogens with zero attached hydrogens (tertiary/aromatic N) is 2. The van der Waals surface area contributed by atoms with Crippen LogP contribution in [0.3, 0.4) is 0 Å². The number of likely N-dealkylation sites (N-methyl/N-ethyl adjacent to an activating group) is 1. The summed E-state index contributed by atoms with van der Waals surface area (Å²) in [6.45, 7) is 6.54. The van der Waals surface area contributed by atoms with Crippen molar-refractivity contribution in [1.29, 1.82) is 0 Å². The van der Waals surface area contributed by atoms with Crippen molar-refractivity contribution in [3.05, 3.63) is 34.3 Å². The van der Waals surface area contributed by atoms with Crippen molar-refractivity contribution in [3.63, 3.8) is 0 Å². The first-order chi connectivity index (χ1) is 8.41. The molecule has 0 aliphatic carbocycles. The maximum Gasteiger partial charge on any atom is 0.242 e. The van der Waals surface area contributed by atoms with Crippen LogP contribution in [0.25, 0.3) is 0 Å². The lowest BCUT2D eigenvalue weighted by atomic mass is 9.97. The molecule has 0 unspecified atom stereocenters. The van der Waals surface area contributed by atoms with Crippen molar-refractivity contribution in [2.45, 2.75) is 25.9 Å². The van der Waals surface area contributed by atoms with Crippen molar-refractivity contribution < 1.29 is 4.79 Å². The third kappa shape index (κ3) is 2.59. The molecule has 1 fully saturated rings. The summed E-state index contributed by atoms with van der Waals surface area (Å²) in [6, 6.07) is 8.26. The zero-order valence-corrected chi connectivity index (χ0v) is 12.7. The Morgan fingerprint density at radius 3 is 2.72 bits per heavy atom. The molecule has 18 heavy (non-hydrogen) atoms. The summed E-state index contributed by atoms with van der Waals surface area (Å²) >= 11 is 3.48. The maximum atomic E-state index is 12.2. The minimum atomic E-state index is -0.421. The van der Waals surface area contributed by atoms with Crippen molar-refractivity contribution in [1.82, 2.24) is 9.80 Å². The number of carbonyl (C=O) groups is 1. The second kappa shape index (κ2) is 5.02. The first-order valence-corrected chi connectivity index (χ1v) is 6.95. The topological polar surface area (TPSA) is 23.6 Å². The van der Waals surface area contributed by atoms with Crippen LogP contribution < -0.4 is 0 Å². The Hall–Kier alpha value is -0.870. The lowest BCUT2D eigenvalue weighted by Gasteiger charge is -2.44. The molecule has 1 aliphatic rings. The van der Waals surface area contributed by atoms with Gasteiger partial charge in [0.1, 0.15) is 0 Å². The van der Waals surface area contributed by atoms with Crippen molar-refractivity contribution in [2.75, 3.05) is 20.1 Å². The zero-order chi connectivity index (χ0) is 13.3. The van der Waals surface area contributed by atoms with E-state index < -0.39 is 5.54 Å². The van der Waals surface area contributed by atoms with E-state index in [-0.39, 0.29) is 5.91 Å². The molecule has 1 aromatic rings. The molecule has 3 nitrogen and oxygen atoms in total. The highest BCUT2D eigenvalue weighted by molar-refractivity contribution is 9.10. The molecule has 0 spiro atoms. The SMILES string of the molecule is CN1CCN(Cc2cccc(Br)c2)C(C)(C)C1=O. The quantitative estimate of drug-likeness (QED) is 0.838. The minimum Gasteiger partial charge on any atom is -0.343 e. The molecule has 0 aromatic heterocycles. The summed E-state index contributed by atoms with van der Waals surface area (Å²) in [5.41, 5.74) is 0.810. The van der Waals surface area contributed by atoms with E-state index in [1.54, 1.807) is 0 Å². The van der Waals surface area contributed by atoms with Gasteiger partial charge in [-0.25, -0.2) is 0 Å². The van der Waals surface area contributed by atoms with E-state index in [4.69, 9.17) is 0 Å². The minimum absolute atomic E-state index is 0.198. The average Bonchev–Trinajstić information content (AvgIpc) is 2.31. The van der Waals surface area contributed by atoms with Crippen LogP contribution in [0.4, 0.5) is 0 Å². The van der Waals surface area contributed by atoms with E-state index >= 15 is 0 Å². The molecular weight excluding hydrogens is 292 g/mol. The van der Waals surface area contributed by atoms with Gasteiger partial charge in [-0.3, -0.25) is 9.69 Å². The van der Waals surface area contributed by atoms with E-state index in [0.717, 1.165) is 24.1 Å². The van der Waals surface area contributed by atoms with Gasteiger partial charge >= 0.3 is 0 Å². The Kier molecular flexibility index (Phi) is 3.78. The van der Waals surface area contributed by atoms with Crippen LogP contribution in [0.5, 0.6) is 0 Å². The number of piperazine rings is 1. The van der Waals surface area contributed by atoms with E-state index in [1.807, 2.05) is 37.9 Å². The Labute approximate surface area is 117 Å². The van der Waals surface area contributed by atoms with E-state index in [2.05, 4.69) is 33.0 Å². The highest BCUT2D eigenvalue weighted by atomic mass is 79.9. The summed E-state index contributed by atoms with van der Waals surface area (Å²) in [5, 5.41) is 0. The van der Waals surface area contributed by atoms with Gasteiger partial charge in [-0.15, -0.1) is 0 Å². The normalized spacial score (nSPS) is 20.2. The highest BCUT2D eigenvalue weighted by Crippen LogP contribution is 2.24. The second-order valence-electron chi connectivity index (χ2n) is 5.34. The number of rotatable bonds is 2. The van der Waals surface area contributed by atoms with E-state index in [1.165, 1.54) is 5.56 Å². The summed E-state index contributed by atoms with van der Waals surface area (Å²) < 4.78 is 1.08. The molecular formula is C14H19BrN2O. The lowest BCUT2D eigenvalue weighted by molar-refractivity contribution is -0.147. The predicted octanol–water partition coefficient (Wildman–Crippen LogP) is 2.50. The molecule has 0 atom stereocenters. The molecule has 1 heterocycles. The molecule has 1 aromatic carbocycles. The number of halogens is 1. The van der Waals surface area contributed by atoms with Crippen LogP contribution in [0.15, 0.2) is 28.7 Å². The number of carbonyl (C=O) groups excluding carboxylic acids is 1. The molecule has 0 N–H and O–H groups in total. The van der Waals surface area contributed by atoms with Gasteiger partial charge in [0.15, 0.2) is 0 Å². The smallest absolute Gasteiger partial charge is 0.242 e. The number of hydrogen-bond donors (Lipinski definition) is 0. The van der Waals surface area contributed by atoms with Gasteiger partial charge < -0.3 is 4.90 Å². The molecule has 2 rings (SSSR count). The van der Waals surface area contributed by atoms with Crippen LogP contribution >= 0.6 is 15.9 Å². The summed E-state index contributed by atoms with van der Waals surface area (Å²) in [7, 11) is 1.88. The number of benzene rings is 1. The van der Waals surface area contributed by atoms with Gasteiger partial charge in [-0.1, -0.05) is 28.1 Å². The largest absolute Gasteiger partial charge is 0.343 e. The Balaban J connectivity index is 2.16. The standard InChI is InChI=1S/C14H19BrN2O/c1-14(2)13(18)16(3)7-8-17(14)10-11-5-4-6-12(15)9-11/h4-6,9H,7-8,10H2,1-3H3. The third-order valence-corrected chi connectivity index (χ3v) is 4.12. The van der Waals surface area contributed by atoms with Crippen molar-refractivity contribution in [2.24, 2.45) is 0 Å². The van der Waals surface area contributed by atoms with Gasteiger partial charge in [-0.05, 0) is 31.5 Å². The summed E-state index contributed by atoms with van der Waals surface area (Å²) in [5.74, 6) is 0.198. The third-order valence-electron chi connectivity index (χ3n) is 3.63. The van der Waals surface area contributed by atoms with Crippen LogP contribution in [-0.4, -0.2) is 41.4 Å². The fraction of sp³-hybridized carbons (Fsp3) is 0.500. The van der Waals surface area contributed by atoms with Gasteiger partial charge in [0, 0.05) is 31.2 Å². The lowest BCUT2D eigenvalue weighted by Crippen LogP contribution is -2.61. The highest BCUT2D eigenvalue weighted by Gasteiger charge is 2.40. The molecule has 0 bridgehead atoms. The zero-order valence-electron chi connectivity index (χ0n) is 11.1. The van der Waals surface area contributed by atoms with Crippen molar-refractivity contribution in [3.8, 4) is 0 Å². The van der Waals surface area contributed by atoms with E-state index in [9.17, 15) is 4.79 Å². The van der Waals surface area contributed by atoms with E-state index in [0.29, 0.717) is 0 Å². The van der Waals surface area contributed by atoms with Gasteiger partial charge in [-0.2, -0.15) is 0 Å². The first kappa shape index (κ1) is 13.6. The number of hydrogen-bond acceptors (Lipinski definition) is 2. The molecule has 1 aliphatic heterocycles. The predicted molar refractivity (Wildman–Crippen MR) is 76.3 cm³/mol. The first-order valence-electron chi connectivity index (χ1n) is 6.16. The summed E-state index contributed by atoms with van der Waals surface area (Å²) in [6.07, 6.45) is 0. The van der Waals surface area contributed by atoms with Crippen molar-refractivity contribution >= 4 is 21.8 Å². The molecule has 1 amide bonds. The monoisotopic (exact) mass is 310 g/mol. The van der Waals surface area contributed by atoms with Gasteiger partial charge in [0.25, 0.3) is 0 Å². The van der Waals surface area contributed by atoms with Gasteiger partial charge in [0.2, 0.25) is 5.91 Å².